The van der Waals surface area contributed by atoms with Crippen LogP contribution in [0.25, 0.3) is 0 Å². The number of hydrogen-bond acceptors (Lipinski definition) is 1. The molecule has 0 saturated carbocycles. The molecule has 0 aromatic heterocycles. The van der Waals surface area contributed by atoms with Crippen LogP contribution >= 0.6 is 31.9 Å². The molecular formula is C15H15Br2N. The summed E-state index contributed by atoms with van der Waals surface area (Å²) in [6.07, 6.45) is 0.958. The maximum atomic E-state index is 5.91. The fraction of sp³-hybridized carbons (Fsp3) is 0.200. The summed E-state index contributed by atoms with van der Waals surface area (Å²) in [7, 11) is 0. The van der Waals surface area contributed by atoms with E-state index in [1.54, 1.807) is 0 Å². The molecule has 1 unspecified atom stereocenters. The minimum atomic E-state index is 0.358. The summed E-state index contributed by atoms with van der Waals surface area (Å²) >= 11 is 7.05. The number of hydrogen-bond donors (Lipinski definition) is 1. The first-order valence-corrected chi connectivity index (χ1v) is 7.48. The van der Waals surface area contributed by atoms with E-state index in [1.165, 1.54) is 11.1 Å². The summed E-state index contributed by atoms with van der Waals surface area (Å²) in [5.74, 6) is 0.358. The SMILES string of the molecule is NCC(Cc1ccccc1Br)c1ccc(Br)cc1. The zero-order valence-corrected chi connectivity index (χ0v) is 13.1. The molecule has 1 atom stereocenters. The molecule has 0 amide bonds. The van der Waals surface area contributed by atoms with Gasteiger partial charge in [-0.1, -0.05) is 62.2 Å². The van der Waals surface area contributed by atoms with Gasteiger partial charge in [0.15, 0.2) is 0 Å². The van der Waals surface area contributed by atoms with Crippen LogP contribution in [0.5, 0.6) is 0 Å². The molecular weight excluding hydrogens is 354 g/mol. The Kier molecular flexibility index (Phi) is 4.98. The highest BCUT2D eigenvalue weighted by Gasteiger charge is 2.12. The minimum Gasteiger partial charge on any atom is -0.330 e. The molecule has 2 N–H and O–H groups in total. The first-order chi connectivity index (χ1) is 8.70. The Labute approximate surface area is 125 Å². The van der Waals surface area contributed by atoms with Crippen molar-refractivity contribution in [2.24, 2.45) is 5.73 Å². The van der Waals surface area contributed by atoms with Crippen LogP contribution in [-0.4, -0.2) is 6.54 Å². The van der Waals surface area contributed by atoms with Gasteiger partial charge < -0.3 is 5.73 Å². The molecule has 2 aromatic carbocycles. The molecule has 2 aromatic rings. The van der Waals surface area contributed by atoms with E-state index in [4.69, 9.17) is 5.73 Å². The second-order valence-electron chi connectivity index (χ2n) is 4.28. The normalized spacial score (nSPS) is 12.4. The fourth-order valence-corrected chi connectivity index (χ4v) is 2.71. The number of benzene rings is 2. The lowest BCUT2D eigenvalue weighted by atomic mass is 9.92. The molecule has 2 rings (SSSR count). The highest BCUT2D eigenvalue weighted by atomic mass is 79.9. The predicted molar refractivity (Wildman–Crippen MR) is 83.8 cm³/mol. The monoisotopic (exact) mass is 367 g/mol. The maximum absolute atomic E-state index is 5.91. The molecule has 0 spiro atoms. The van der Waals surface area contributed by atoms with E-state index in [9.17, 15) is 0 Å². The molecule has 0 aliphatic rings. The second-order valence-corrected chi connectivity index (χ2v) is 6.05. The Balaban J connectivity index is 2.20. The van der Waals surface area contributed by atoms with Crippen molar-refractivity contribution in [1.82, 2.24) is 0 Å². The van der Waals surface area contributed by atoms with Crippen molar-refractivity contribution in [2.75, 3.05) is 6.54 Å². The minimum absolute atomic E-state index is 0.358. The third kappa shape index (κ3) is 3.44. The molecule has 1 nitrogen and oxygen atoms in total. The van der Waals surface area contributed by atoms with Crippen molar-refractivity contribution in [3.8, 4) is 0 Å². The lowest BCUT2D eigenvalue weighted by molar-refractivity contribution is 0.692. The van der Waals surface area contributed by atoms with Gasteiger partial charge in [-0.3, -0.25) is 0 Å². The smallest absolute Gasteiger partial charge is 0.0207 e. The van der Waals surface area contributed by atoms with Gasteiger partial charge in [0.2, 0.25) is 0 Å². The van der Waals surface area contributed by atoms with Crippen molar-refractivity contribution >= 4 is 31.9 Å². The van der Waals surface area contributed by atoms with Gasteiger partial charge in [0.25, 0.3) is 0 Å². The van der Waals surface area contributed by atoms with Crippen LogP contribution in [-0.2, 0) is 6.42 Å². The van der Waals surface area contributed by atoms with Gasteiger partial charge in [-0.15, -0.1) is 0 Å². The Morgan fingerprint density at radius 3 is 2.22 bits per heavy atom. The largest absolute Gasteiger partial charge is 0.330 e. The van der Waals surface area contributed by atoms with Crippen molar-refractivity contribution in [3.05, 3.63) is 68.6 Å². The predicted octanol–water partition coefficient (Wildman–Crippen LogP) is 4.50. The first kappa shape index (κ1) is 13.8. The summed E-state index contributed by atoms with van der Waals surface area (Å²) in [5.41, 5.74) is 8.50. The molecule has 0 fully saturated rings. The maximum Gasteiger partial charge on any atom is 0.0207 e. The summed E-state index contributed by atoms with van der Waals surface area (Å²) < 4.78 is 2.25. The molecule has 0 bridgehead atoms. The van der Waals surface area contributed by atoms with Crippen LogP contribution in [0.2, 0.25) is 0 Å². The Bertz CT molecular complexity index is 508. The Hall–Kier alpha value is -0.640. The zero-order valence-electron chi connectivity index (χ0n) is 9.94. The van der Waals surface area contributed by atoms with E-state index < -0.39 is 0 Å². The lowest BCUT2D eigenvalue weighted by Crippen LogP contribution is -2.15. The molecule has 3 heteroatoms. The van der Waals surface area contributed by atoms with Crippen molar-refractivity contribution < 1.29 is 0 Å². The van der Waals surface area contributed by atoms with Crippen LogP contribution in [0.3, 0.4) is 0 Å². The van der Waals surface area contributed by atoms with Gasteiger partial charge in [-0.2, -0.15) is 0 Å². The molecule has 94 valence electrons. The Morgan fingerprint density at radius 2 is 1.61 bits per heavy atom. The van der Waals surface area contributed by atoms with Gasteiger partial charge in [-0.05, 0) is 42.3 Å². The lowest BCUT2D eigenvalue weighted by Gasteiger charge is -2.16. The van der Waals surface area contributed by atoms with Crippen molar-refractivity contribution in [2.45, 2.75) is 12.3 Å². The third-order valence-corrected chi connectivity index (χ3v) is 4.35. The summed E-state index contributed by atoms with van der Waals surface area (Å²) in [6, 6.07) is 16.7. The van der Waals surface area contributed by atoms with Gasteiger partial charge in [0.1, 0.15) is 0 Å². The second kappa shape index (κ2) is 6.50. The van der Waals surface area contributed by atoms with E-state index >= 15 is 0 Å². The summed E-state index contributed by atoms with van der Waals surface area (Å²) in [6.45, 7) is 0.656. The third-order valence-electron chi connectivity index (χ3n) is 3.05. The zero-order chi connectivity index (χ0) is 13.0. The number of nitrogens with two attached hydrogens (primary N) is 1. The van der Waals surface area contributed by atoms with E-state index in [-0.39, 0.29) is 0 Å². The standard InChI is InChI=1S/C15H15Br2N/c16-14-7-5-11(6-8-14)13(10-18)9-12-3-1-2-4-15(12)17/h1-8,13H,9-10,18H2. The van der Waals surface area contributed by atoms with Crippen molar-refractivity contribution in [1.29, 1.82) is 0 Å². The molecule has 18 heavy (non-hydrogen) atoms. The van der Waals surface area contributed by atoms with E-state index in [0.29, 0.717) is 12.5 Å². The highest BCUT2D eigenvalue weighted by molar-refractivity contribution is 9.10. The quantitative estimate of drug-likeness (QED) is 0.844. The molecule has 0 aliphatic heterocycles. The average Bonchev–Trinajstić information content (AvgIpc) is 2.39. The van der Waals surface area contributed by atoms with E-state index in [0.717, 1.165) is 15.4 Å². The molecule has 0 saturated heterocycles. The fourth-order valence-electron chi connectivity index (χ4n) is 2.00. The molecule has 0 aliphatic carbocycles. The van der Waals surface area contributed by atoms with Crippen LogP contribution in [0.1, 0.15) is 17.0 Å². The van der Waals surface area contributed by atoms with Crippen LogP contribution < -0.4 is 5.73 Å². The van der Waals surface area contributed by atoms with Gasteiger partial charge in [-0.25, -0.2) is 0 Å². The number of rotatable bonds is 4. The summed E-state index contributed by atoms with van der Waals surface area (Å²) in [4.78, 5) is 0. The van der Waals surface area contributed by atoms with Gasteiger partial charge in [0.05, 0.1) is 0 Å². The van der Waals surface area contributed by atoms with Crippen molar-refractivity contribution in [3.63, 3.8) is 0 Å². The average molecular weight is 369 g/mol. The molecule has 0 radical (unpaired) electrons. The van der Waals surface area contributed by atoms with Gasteiger partial charge >= 0.3 is 0 Å². The number of halogens is 2. The highest BCUT2D eigenvalue weighted by Crippen LogP contribution is 2.25. The van der Waals surface area contributed by atoms with E-state index in [1.807, 2.05) is 6.07 Å². The topological polar surface area (TPSA) is 26.0 Å². The van der Waals surface area contributed by atoms with Crippen LogP contribution in [0.15, 0.2) is 57.5 Å². The molecule has 0 heterocycles. The Morgan fingerprint density at radius 1 is 0.944 bits per heavy atom. The first-order valence-electron chi connectivity index (χ1n) is 5.89. The van der Waals surface area contributed by atoms with Crippen LogP contribution in [0, 0.1) is 0 Å². The van der Waals surface area contributed by atoms with E-state index in [2.05, 4.69) is 74.3 Å². The summed E-state index contributed by atoms with van der Waals surface area (Å²) in [5, 5.41) is 0. The van der Waals surface area contributed by atoms with Crippen LogP contribution in [0.4, 0.5) is 0 Å². The van der Waals surface area contributed by atoms with Gasteiger partial charge in [0, 0.05) is 14.9 Å².